The third-order valence-corrected chi connectivity index (χ3v) is 1.78. The lowest BCUT2D eigenvalue weighted by atomic mass is 10.2. The number of nitrogens with zero attached hydrogens (tertiary/aromatic N) is 1. The molecule has 0 N–H and O–H groups in total. The molecule has 0 amide bonds. The van der Waals surface area contributed by atoms with E-state index in [9.17, 15) is 0 Å². The Balaban J connectivity index is 4.12. The van der Waals surface area contributed by atoms with Crippen molar-refractivity contribution in [3.05, 3.63) is 0 Å². The van der Waals surface area contributed by atoms with Crippen molar-refractivity contribution in [3.8, 4) is 0 Å². The molecule has 1 nitrogen and oxygen atoms in total. The monoisotopic (exact) mass is 177 g/mol. The Morgan fingerprint density at radius 3 is 1.50 bits per heavy atom. The second-order valence-corrected chi connectivity index (χ2v) is 3.99. The summed E-state index contributed by atoms with van der Waals surface area (Å²) < 4.78 is 0.685. The van der Waals surface area contributed by atoms with Gasteiger partial charge in [0.25, 0.3) is 0 Å². The summed E-state index contributed by atoms with van der Waals surface area (Å²) in [5.41, 5.74) is 0. The molecule has 0 aromatic rings. The van der Waals surface area contributed by atoms with Gasteiger partial charge >= 0.3 is 0 Å². The molecule has 0 unspecified atom stereocenters. The largest absolute Gasteiger partial charge is 0.353 e. The SMILES string of the molecule is CC(C)N(C(=S)S)C(C)C. The van der Waals surface area contributed by atoms with Crippen LogP contribution in [0.15, 0.2) is 0 Å². The fourth-order valence-electron chi connectivity index (χ4n) is 1.04. The van der Waals surface area contributed by atoms with Crippen molar-refractivity contribution in [2.75, 3.05) is 0 Å². The lowest BCUT2D eigenvalue weighted by molar-refractivity contribution is 0.303. The molecule has 0 spiro atoms. The molecule has 0 atom stereocenters. The lowest BCUT2D eigenvalue weighted by Gasteiger charge is -2.30. The second-order valence-electron chi connectivity index (χ2n) is 2.88. The first kappa shape index (κ1) is 10.2. The Hall–Kier alpha value is 0.240. The van der Waals surface area contributed by atoms with Gasteiger partial charge in [0, 0.05) is 12.1 Å². The molecule has 10 heavy (non-hydrogen) atoms. The zero-order chi connectivity index (χ0) is 8.31. The van der Waals surface area contributed by atoms with Crippen LogP contribution >= 0.6 is 24.8 Å². The Morgan fingerprint density at radius 2 is 1.50 bits per heavy atom. The average Bonchev–Trinajstić information content (AvgIpc) is 1.59. The highest BCUT2D eigenvalue weighted by Gasteiger charge is 2.12. The molecule has 0 heterocycles. The molecule has 0 aliphatic carbocycles. The topological polar surface area (TPSA) is 3.24 Å². The summed E-state index contributed by atoms with van der Waals surface area (Å²) in [4.78, 5) is 2.10. The molecule has 0 radical (unpaired) electrons. The van der Waals surface area contributed by atoms with Gasteiger partial charge in [-0.25, -0.2) is 0 Å². The molecule has 0 fully saturated rings. The summed E-state index contributed by atoms with van der Waals surface area (Å²) in [6.45, 7) is 8.45. The predicted octanol–water partition coefficient (Wildman–Crippen LogP) is 2.32. The highest BCUT2D eigenvalue weighted by Crippen LogP contribution is 2.08. The van der Waals surface area contributed by atoms with E-state index in [0.29, 0.717) is 16.4 Å². The summed E-state index contributed by atoms with van der Waals surface area (Å²) in [5, 5.41) is 0. The number of thiocarbonyl (C=S) groups is 1. The summed E-state index contributed by atoms with van der Waals surface area (Å²) >= 11 is 9.09. The van der Waals surface area contributed by atoms with Gasteiger partial charge in [0.1, 0.15) is 4.32 Å². The van der Waals surface area contributed by atoms with E-state index in [2.05, 4.69) is 45.2 Å². The van der Waals surface area contributed by atoms with Gasteiger partial charge in [-0.1, -0.05) is 12.2 Å². The maximum Gasteiger partial charge on any atom is 0.133 e. The summed E-state index contributed by atoms with van der Waals surface area (Å²) in [6, 6.07) is 0.898. The molecule has 0 saturated heterocycles. The van der Waals surface area contributed by atoms with Crippen LogP contribution in [0.4, 0.5) is 0 Å². The van der Waals surface area contributed by atoms with Gasteiger partial charge in [-0.15, -0.1) is 12.6 Å². The van der Waals surface area contributed by atoms with Crippen LogP contribution in [0, 0.1) is 0 Å². The van der Waals surface area contributed by atoms with Crippen LogP contribution in [0.2, 0.25) is 0 Å². The van der Waals surface area contributed by atoms with Gasteiger partial charge in [0.05, 0.1) is 0 Å². The van der Waals surface area contributed by atoms with Gasteiger partial charge in [-0.2, -0.15) is 0 Å². The Morgan fingerprint density at radius 1 is 1.20 bits per heavy atom. The first-order valence-electron chi connectivity index (χ1n) is 3.48. The highest BCUT2D eigenvalue weighted by molar-refractivity contribution is 8.10. The van der Waals surface area contributed by atoms with E-state index in [1.165, 1.54) is 0 Å². The van der Waals surface area contributed by atoms with Crippen LogP contribution in [-0.4, -0.2) is 21.3 Å². The van der Waals surface area contributed by atoms with Crippen LogP contribution in [0.5, 0.6) is 0 Å². The Labute approximate surface area is 74.2 Å². The predicted molar refractivity (Wildman–Crippen MR) is 53.7 cm³/mol. The summed E-state index contributed by atoms with van der Waals surface area (Å²) in [6.07, 6.45) is 0. The van der Waals surface area contributed by atoms with Crippen LogP contribution in [0.1, 0.15) is 27.7 Å². The van der Waals surface area contributed by atoms with Crippen LogP contribution in [-0.2, 0) is 0 Å². The van der Waals surface area contributed by atoms with E-state index < -0.39 is 0 Å². The zero-order valence-corrected chi connectivity index (χ0v) is 8.67. The van der Waals surface area contributed by atoms with Crippen molar-refractivity contribution >= 4 is 29.2 Å². The first-order chi connectivity index (χ1) is 4.46. The summed E-state index contributed by atoms with van der Waals surface area (Å²) in [5.74, 6) is 0. The normalized spacial score (nSPS) is 10.7. The molecule has 0 bridgehead atoms. The molecule has 60 valence electrons. The van der Waals surface area contributed by atoms with Crippen LogP contribution < -0.4 is 0 Å². The molecule has 0 rings (SSSR count). The molecule has 3 heteroatoms. The fourth-order valence-corrected chi connectivity index (χ4v) is 1.92. The molecule has 0 saturated carbocycles. The molecule has 0 aromatic carbocycles. The zero-order valence-electron chi connectivity index (χ0n) is 6.96. The molecular formula is C7H15NS2. The van der Waals surface area contributed by atoms with Crippen LogP contribution in [0.3, 0.4) is 0 Å². The van der Waals surface area contributed by atoms with Gasteiger partial charge in [0.2, 0.25) is 0 Å². The van der Waals surface area contributed by atoms with Crippen molar-refractivity contribution in [1.29, 1.82) is 0 Å². The van der Waals surface area contributed by atoms with E-state index in [0.717, 1.165) is 0 Å². The third-order valence-electron chi connectivity index (χ3n) is 1.33. The van der Waals surface area contributed by atoms with E-state index in [-0.39, 0.29) is 0 Å². The molecule has 0 aromatic heterocycles. The Bertz CT molecular complexity index is 113. The second kappa shape index (κ2) is 4.19. The third kappa shape index (κ3) is 2.88. The van der Waals surface area contributed by atoms with Crippen molar-refractivity contribution in [2.24, 2.45) is 0 Å². The van der Waals surface area contributed by atoms with E-state index in [1.807, 2.05) is 0 Å². The molecule has 0 aliphatic heterocycles. The highest BCUT2D eigenvalue weighted by atomic mass is 32.1. The quantitative estimate of drug-likeness (QED) is 0.509. The van der Waals surface area contributed by atoms with Gasteiger partial charge < -0.3 is 4.90 Å². The van der Waals surface area contributed by atoms with Crippen molar-refractivity contribution in [2.45, 2.75) is 39.8 Å². The van der Waals surface area contributed by atoms with Crippen molar-refractivity contribution in [3.63, 3.8) is 0 Å². The summed E-state index contributed by atoms with van der Waals surface area (Å²) in [7, 11) is 0. The molecular weight excluding hydrogens is 162 g/mol. The minimum Gasteiger partial charge on any atom is -0.353 e. The maximum absolute atomic E-state index is 4.96. The average molecular weight is 177 g/mol. The maximum atomic E-state index is 4.96. The Kier molecular flexibility index (Phi) is 4.29. The number of rotatable bonds is 2. The minimum absolute atomic E-state index is 0.449. The van der Waals surface area contributed by atoms with Crippen molar-refractivity contribution in [1.82, 2.24) is 4.90 Å². The van der Waals surface area contributed by atoms with E-state index in [1.54, 1.807) is 0 Å². The first-order valence-corrected chi connectivity index (χ1v) is 4.33. The lowest BCUT2D eigenvalue weighted by Crippen LogP contribution is -2.38. The molecule has 0 aliphatic rings. The van der Waals surface area contributed by atoms with E-state index >= 15 is 0 Å². The van der Waals surface area contributed by atoms with E-state index in [4.69, 9.17) is 12.2 Å². The minimum atomic E-state index is 0.449. The standard InChI is InChI=1S/C7H15NS2/c1-5(2)8(6(3)4)7(9)10/h5-6H,1-4H3,(H,9,10). The van der Waals surface area contributed by atoms with Gasteiger partial charge in [0.15, 0.2) is 0 Å². The van der Waals surface area contributed by atoms with Crippen LogP contribution in [0.25, 0.3) is 0 Å². The fraction of sp³-hybridized carbons (Fsp3) is 0.857. The smallest absolute Gasteiger partial charge is 0.133 e. The number of hydrogen-bond acceptors (Lipinski definition) is 1. The number of thiol groups is 1. The van der Waals surface area contributed by atoms with Crippen molar-refractivity contribution < 1.29 is 0 Å². The van der Waals surface area contributed by atoms with Gasteiger partial charge in [-0.05, 0) is 27.7 Å². The van der Waals surface area contributed by atoms with Gasteiger partial charge in [-0.3, -0.25) is 0 Å². The number of hydrogen-bond donors (Lipinski definition) is 1.